The molecule has 0 amide bonds. The van der Waals surface area contributed by atoms with E-state index in [2.05, 4.69) is 266 Å². The molecule has 11 aromatic rings. The third-order valence-electron chi connectivity index (χ3n) is 11.9. The molecule has 5 nitrogen and oxygen atoms in total. The highest BCUT2D eigenvalue weighted by atomic mass is 79.9. The van der Waals surface area contributed by atoms with E-state index in [-0.39, 0.29) is 0 Å². The van der Waals surface area contributed by atoms with Gasteiger partial charge in [0.1, 0.15) is 0 Å². The third kappa shape index (κ3) is 13.1. The fraction of sp³-hybridized carbons (Fsp3) is 0. The molecule has 11 rings (SSSR count). The zero-order valence-corrected chi connectivity index (χ0v) is 43.5. The van der Waals surface area contributed by atoms with E-state index < -0.39 is 0 Å². The number of hydrogen-bond acceptors (Lipinski definition) is 5. The molecule has 0 aliphatic heterocycles. The second-order valence-corrected chi connectivity index (χ2v) is 18.7. The van der Waals surface area contributed by atoms with Gasteiger partial charge in [-0.2, -0.15) is 0 Å². The van der Waals surface area contributed by atoms with Crippen LogP contribution in [0.1, 0.15) is 0 Å². The van der Waals surface area contributed by atoms with E-state index in [9.17, 15) is 0 Å². The Morgan fingerprint density at radius 1 is 0.216 bits per heavy atom. The predicted octanol–water partition coefficient (Wildman–Crippen LogP) is 20.6. The molecule has 0 fully saturated rings. The van der Waals surface area contributed by atoms with Crippen molar-refractivity contribution in [2.45, 2.75) is 0 Å². The van der Waals surface area contributed by atoms with E-state index in [1.807, 2.05) is 48.5 Å². The zero-order valence-electron chi connectivity index (χ0n) is 40.4. The minimum absolute atomic E-state index is 0.706. The summed E-state index contributed by atoms with van der Waals surface area (Å²) in [4.78, 5) is 9.04. The van der Waals surface area contributed by atoms with Gasteiger partial charge in [-0.05, 0) is 194 Å². The zero-order chi connectivity index (χ0) is 50.9. The van der Waals surface area contributed by atoms with Gasteiger partial charge >= 0.3 is 0 Å². The quantitative estimate of drug-likeness (QED) is 0.123. The van der Waals surface area contributed by atoms with Gasteiger partial charge in [0.2, 0.25) is 0 Å². The van der Waals surface area contributed by atoms with Gasteiger partial charge in [-0.25, -0.2) is 0 Å². The molecule has 74 heavy (non-hydrogen) atoms. The minimum atomic E-state index is 0.706. The lowest BCUT2D eigenvalue weighted by molar-refractivity contribution is 1.24. The van der Waals surface area contributed by atoms with Crippen LogP contribution in [0.3, 0.4) is 0 Å². The van der Waals surface area contributed by atoms with Crippen LogP contribution in [0.15, 0.2) is 308 Å². The van der Waals surface area contributed by atoms with Crippen LogP contribution >= 0.6 is 39.1 Å². The van der Waals surface area contributed by atoms with Crippen LogP contribution in [0.25, 0.3) is 0 Å². The van der Waals surface area contributed by atoms with Crippen LogP contribution in [0, 0.1) is 0 Å². The summed E-state index contributed by atoms with van der Waals surface area (Å²) < 4.78 is 1.09. The van der Waals surface area contributed by atoms with E-state index in [0.717, 1.165) is 83.4 Å². The van der Waals surface area contributed by atoms with Crippen molar-refractivity contribution in [2.24, 2.45) is 0 Å². The number of nitrogens with two attached hydrogens (primary N) is 1. The smallest absolute Gasteiger partial charge is 0.0463 e. The maximum Gasteiger partial charge on any atom is 0.0463 e. The average molecular weight is 1070 g/mol. The molecule has 0 radical (unpaired) electrons. The van der Waals surface area contributed by atoms with Crippen molar-refractivity contribution >= 4 is 113 Å². The number of benzene rings is 11. The van der Waals surface area contributed by atoms with Gasteiger partial charge in [-0.15, -0.1) is 0 Å². The molecular formula is C66H52BrCl2N5. The van der Waals surface area contributed by atoms with Crippen LogP contribution in [0.4, 0.5) is 73.9 Å². The summed E-state index contributed by atoms with van der Waals surface area (Å²) >= 11 is 15.4. The molecule has 11 aromatic carbocycles. The highest BCUT2D eigenvalue weighted by molar-refractivity contribution is 9.10. The summed E-state index contributed by atoms with van der Waals surface area (Å²) in [5.41, 5.74) is 19.3. The first-order valence-corrected chi connectivity index (χ1v) is 25.7. The van der Waals surface area contributed by atoms with Crippen LogP contribution in [0.5, 0.6) is 0 Å². The first kappa shape index (κ1) is 50.4. The highest BCUT2D eigenvalue weighted by Crippen LogP contribution is 2.42. The number of halogens is 3. The van der Waals surface area contributed by atoms with Crippen molar-refractivity contribution in [3.8, 4) is 0 Å². The second-order valence-electron chi connectivity index (χ2n) is 16.9. The lowest BCUT2D eigenvalue weighted by Gasteiger charge is -2.29. The molecule has 0 aliphatic carbocycles. The summed E-state index contributed by atoms with van der Waals surface area (Å²) in [6, 6.07) is 103. The van der Waals surface area contributed by atoms with Crippen LogP contribution < -0.4 is 25.3 Å². The normalized spacial score (nSPS) is 10.4. The Morgan fingerprint density at radius 2 is 0.378 bits per heavy atom. The van der Waals surface area contributed by atoms with Gasteiger partial charge in [0.25, 0.3) is 0 Å². The highest BCUT2D eigenvalue weighted by Gasteiger charge is 2.18. The molecule has 0 spiro atoms. The number of nitrogen functional groups attached to an aromatic ring is 1. The lowest BCUT2D eigenvalue weighted by atomic mass is 10.1. The molecule has 0 bridgehead atoms. The first-order valence-electron chi connectivity index (χ1n) is 24.1. The van der Waals surface area contributed by atoms with Crippen molar-refractivity contribution in [1.29, 1.82) is 0 Å². The van der Waals surface area contributed by atoms with E-state index >= 15 is 0 Å². The van der Waals surface area contributed by atoms with Crippen molar-refractivity contribution in [1.82, 2.24) is 0 Å². The molecule has 0 heterocycles. The Hall–Kier alpha value is -8.52. The molecular weight excluding hydrogens is 1010 g/mol. The molecule has 2 N–H and O–H groups in total. The van der Waals surface area contributed by atoms with E-state index in [0.29, 0.717) is 5.02 Å². The van der Waals surface area contributed by atoms with Gasteiger partial charge in [0, 0.05) is 88.5 Å². The second kappa shape index (κ2) is 25.2. The molecule has 0 saturated carbocycles. The third-order valence-corrected chi connectivity index (χ3v) is 12.9. The molecule has 362 valence electrons. The fourth-order valence-corrected chi connectivity index (χ4v) is 8.91. The van der Waals surface area contributed by atoms with Crippen LogP contribution in [-0.2, 0) is 0 Å². The molecule has 0 atom stereocenters. The van der Waals surface area contributed by atoms with Crippen molar-refractivity contribution in [3.63, 3.8) is 0 Å². The standard InChI is InChI=1S/C42H32ClN3.C18H14BrN.C6H6ClN/c43-33-21-23-38(24-22-33)46(41-29-25-39(26-30-41)44(34-13-5-1-6-14-34)35-15-7-2-8-16-35)42-31-27-40(28-32-42)45(36-17-9-3-10-18-36)37-19-11-4-12-20-37;19-15-11-13-18(14-12-15)20(16-7-3-1-4-8-16)17-9-5-2-6-10-17;7-5-1-3-6(8)4-2-5/h1-32H;1-14H;1-4H,8H2. The van der Waals surface area contributed by atoms with Gasteiger partial charge in [0.05, 0.1) is 0 Å². The number of rotatable bonds is 12. The van der Waals surface area contributed by atoms with Crippen molar-refractivity contribution in [2.75, 3.05) is 25.3 Å². The first-order chi connectivity index (χ1) is 36.4. The number of anilines is 13. The molecule has 8 heteroatoms. The summed E-state index contributed by atoms with van der Waals surface area (Å²) in [5, 5.41) is 1.43. The summed E-state index contributed by atoms with van der Waals surface area (Å²) in [6.45, 7) is 0. The summed E-state index contributed by atoms with van der Waals surface area (Å²) in [6.07, 6.45) is 0. The Morgan fingerprint density at radius 3 is 0.581 bits per heavy atom. The Kier molecular flexibility index (Phi) is 17.2. The molecule has 0 aliphatic rings. The van der Waals surface area contributed by atoms with Gasteiger partial charge < -0.3 is 25.3 Å². The maximum absolute atomic E-state index is 6.32. The SMILES string of the molecule is Brc1ccc(N(c2ccccc2)c2ccccc2)cc1.Clc1ccc(N(c2ccc(N(c3ccccc3)c3ccccc3)cc2)c2ccc(N(c3ccccc3)c3ccccc3)cc2)cc1.Nc1ccc(Cl)cc1. The molecule has 0 saturated heterocycles. The van der Waals surface area contributed by atoms with E-state index in [4.69, 9.17) is 28.9 Å². The summed E-state index contributed by atoms with van der Waals surface area (Å²) in [7, 11) is 0. The van der Waals surface area contributed by atoms with Crippen molar-refractivity contribution in [3.05, 3.63) is 318 Å². The monoisotopic (exact) mass is 1060 g/mol. The number of para-hydroxylation sites is 6. The van der Waals surface area contributed by atoms with E-state index in [1.165, 1.54) is 0 Å². The van der Waals surface area contributed by atoms with Gasteiger partial charge in [-0.1, -0.05) is 148 Å². The Balaban J connectivity index is 0.000000196. The Labute approximate surface area is 453 Å². The van der Waals surface area contributed by atoms with Crippen LogP contribution in [-0.4, -0.2) is 0 Å². The lowest BCUT2D eigenvalue weighted by Crippen LogP contribution is -2.13. The fourth-order valence-electron chi connectivity index (χ4n) is 8.40. The summed E-state index contributed by atoms with van der Waals surface area (Å²) in [5.74, 6) is 0. The molecule has 0 unspecified atom stereocenters. The largest absolute Gasteiger partial charge is 0.399 e. The topological polar surface area (TPSA) is 39.0 Å². The predicted molar refractivity (Wildman–Crippen MR) is 320 cm³/mol. The maximum atomic E-state index is 6.32. The minimum Gasteiger partial charge on any atom is -0.399 e. The van der Waals surface area contributed by atoms with E-state index in [1.54, 1.807) is 24.3 Å². The van der Waals surface area contributed by atoms with Crippen LogP contribution in [0.2, 0.25) is 10.0 Å². The number of nitrogens with zero attached hydrogens (tertiary/aromatic N) is 4. The average Bonchev–Trinajstić information content (AvgIpc) is 3.46. The number of hydrogen-bond donors (Lipinski definition) is 1. The van der Waals surface area contributed by atoms with Crippen molar-refractivity contribution < 1.29 is 0 Å². The molecule has 0 aromatic heterocycles. The van der Waals surface area contributed by atoms with Gasteiger partial charge in [-0.3, -0.25) is 0 Å². The Bertz CT molecular complexity index is 3110. The van der Waals surface area contributed by atoms with Gasteiger partial charge in [0.15, 0.2) is 0 Å².